The molecule has 3 aliphatic heterocycles. The minimum Gasteiger partial charge on any atom is -0.506 e. The van der Waals surface area contributed by atoms with E-state index in [0.717, 1.165) is 10.0 Å². The second-order valence-corrected chi connectivity index (χ2v) is 9.18. The number of aliphatic carboxylic acids is 1. The van der Waals surface area contributed by atoms with Crippen molar-refractivity contribution in [3.63, 3.8) is 0 Å². The lowest BCUT2D eigenvalue weighted by atomic mass is 9.80. The van der Waals surface area contributed by atoms with Crippen LogP contribution in [0.1, 0.15) is 23.6 Å². The molecule has 0 aliphatic carbocycles. The average Bonchev–Trinajstić information content (AvgIpc) is 2.88. The van der Waals surface area contributed by atoms with Crippen LogP contribution in [0.3, 0.4) is 0 Å². The molecule has 0 spiro atoms. The molecule has 1 aromatic carbocycles. The quantitative estimate of drug-likeness (QED) is 0.568. The van der Waals surface area contributed by atoms with Gasteiger partial charge < -0.3 is 15.3 Å². The monoisotopic (exact) mass is 499 g/mol. The predicted molar refractivity (Wildman–Crippen MR) is 103 cm³/mol. The van der Waals surface area contributed by atoms with E-state index >= 15 is 0 Å². The number of aromatic hydroxyl groups is 1. The molecule has 2 bridgehead atoms. The van der Waals surface area contributed by atoms with Crippen molar-refractivity contribution >= 4 is 37.8 Å². The van der Waals surface area contributed by atoms with Gasteiger partial charge in [0.2, 0.25) is 0 Å². The van der Waals surface area contributed by atoms with Gasteiger partial charge >= 0.3 is 5.97 Å². The third-order valence-electron chi connectivity index (χ3n) is 6.44. The first-order valence-electron chi connectivity index (χ1n) is 8.74. The number of benzene rings is 1. The Bertz CT molecular complexity index is 858. The predicted octanol–water partition coefficient (Wildman–Crippen LogP) is 1.86. The standard InChI is InChI=1S/C18H19Br2N3O4/c1-22-11-3-8(18(26)27)16(22)12-2-7-9(19)4-10(20)17(25)15(7)14(6-24)23(12)13(11)5-21/h4,8,11-14,16,24-25H,2-3,6H2,1H3,(H,26,27)/t8-,11+,12+,13?,14+,16-/m1/s1. The average molecular weight is 501 g/mol. The molecular weight excluding hydrogens is 482 g/mol. The lowest BCUT2D eigenvalue weighted by Crippen LogP contribution is -2.67. The number of aliphatic hydroxyl groups excluding tert-OH is 1. The number of phenolic OH excluding ortho intramolecular Hbond substituents is 1. The Morgan fingerprint density at radius 1 is 1.37 bits per heavy atom. The Morgan fingerprint density at radius 2 is 2.07 bits per heavy atom. The number of nitrogens with zero attached hydrogens (tertiary/aromatic N) is 3. The number of nitriles is 1. The van der Waals surface area contributed by atoms with Gasteiger partial charge in [-0.05, 0) is 47.4 Å². The van der Waals surface area contributed by atoms with Crippen LogP contribution < -0.4 is 0 Å². The lowest BCUT2D eigenvalue weighted by Gasteiger charge is -2.54. The minimum absolute atomic E-state index is 0.0587. The van der Waals surface area contributed by atoms with Gasteiger partial charge in [-0.3, -0.25) is 14.6 Å². The van der Waals surface area contributed by atoms with E-state index in [1.165, 1.54) is 0 Å². The minimum atomic E-state index is -0.850. The second-order valence-electron chi connectivity index (χ2n) is 7.48. The molecule has 3 heterocycles. The highest BCUT2D eigenvalue weighted by Gasteiger charge is 2.59. The molecule has 3 aliphatic rings. The number of rotatable bonds is 2. The maximum absolute atomic E-state index is 11.9. The number of hydrogen-bond donors (Lipinski definition) is 3. The summed E-state index contributed by atoms with van der Waals surface area (Å²) in [6.45, 7) is -0.265. The summed E-state index contributed by atoms with van der Waals surface area (Å²) in [5, 5.41) is 40.5. The SMILES string of the molecule is CN1[C@@H]2[C@H](C(=O)O)C[C@H]1C(C#N)N1[C@@H](CO)c3c(O)c(Br)cc(Br)c3C[C@@H]21. The van der Waals surface area contributed by atoms with Crippen LogP contribution in [0, 0.1) is 17.2 Å². The summed E-state index contributed by atoms with van der Waals surface area (Å²) >= 11 is 6.89. The molecule has 4 rings (SSSR count). The zero-order valence-electron chi connectivity index (χ0n) is 14.5. The number of fused-ring (bicyclic) bond motifs is 5. The number of halogens is 2. The van der Waals surface area contributed by atoms with Crippen molar-refractivity contribution in [2.45, 2.75) is 43.1 Å². The van der Waals surface area contributed by atoms with Crippen LogP contribution in [-0.4, -0.2) is 68.9 Å². The summed E-state index contributed by atoms with van der Waals surface area (Å²) in [7, 11) is 1.89. The first kappa shape index (κ1) is 19.2. The highest BCUT2D eigenvalue weighted by molar-refractivity contribution is 9.11. The summed E-state index contributed by atoms with van der Waals surface area (Å²) in [5.74, 6) is -1.35. The summed E-state index contributed by atoms with van der Waals surface area (Å²) in [6, 6.07) is 2.28. The fourth-order valence-corrected chi connectivity index (χ4v) is 6.73. The third-order valence-corrected chi connectivity index (χ3v) is 7.75. The first-order valence-corrected chi connectivity index (χ1v) is 10.3. The largest absolute Gasteiger partial charge is 0.506 e. The van der Waals surface area contributed by atoms with E-state index < -0.39 is 24.0 Å². The number of likely N-dealkylation sites (N-methyl/N-ethyl adjacent to an activating group) is 1. The van der Waals surface area contributed by atoms with E-state index in [2.05, 4.69) is 37.9 Å². The van der Waals surface area contributed by atoms with Gasteiger partial charge in [-0.15, -0.1) is 0 Å². The van der Waals surface area contributed by atoms with Gasteiger partial charge in [-0.1, -0.05) is 15.9 Å². The van der Waals surface area contributed by atoms with Gasteiger partial charge in [0.1, 0.15) is 11.8 Å². The number of hydrogen-bond acceptors (Lipinski definition) is 6. The Balaban J connectivity index is 1.92. The van der Waals surface area contributed by atoms with Crippen molar-refractivity contribution in [1.29, 1.82) is 5.26 Å². The molecule has 0 saturated carbocycles. The van der Waals surface area contributed by atoms with Gasteiger partial charge in [0, 0.05) is 28.2 Å². The summed E-state index contributed by atoms with van der Waals surface area (Å²) in [4.78, 5) is 15.9. The molecule has 6 atom stereocenters. The van der Waals surface area contributed by atoms with E-state index in [4.69, 9.17) is 0 Å². The molecule has 0 amide bonds. The van der Waals surface area contributed by atoms with Gasteiger partial charge in [0.15, 0.2) is 0 Å². The van der Waals surface area contributed by atoms with E-state index in [1.54, 1.807) is 6.07 Å². The normalized spacial score (nSPS) is 35.4. The van der Waals surface area contributed by atoms with E-state index in [9.17, 15) is 25.4 Å². The second kappa shape index (κ2) is 6.71. The van der Waals surface area contributed by atoms with E-state index in [0.29, 0.717) is 22.9 Å². The van der Waals surface area contributed by atoms with Gasteiger partial charge in [0.25, 0.3) is 0 Å². The maximum atomic E-state index is 11.9. The van der Waals surface area contributed by atoms with Crippen molar-refractivity contribution in [2.75, 3.05) is 13.7 Å². The molecular formula is C18H19Br2N3O4. The molecule has 0 aromatic heterocycles. The molecule has 2 fully saturated rings. The van der Waals surface area contributed by atoms with Crippen molar-refractivity contribution in [2.24, 2.45) is 5.92 Å². The van der Waals surface area contributed by atoms with Crippen LogP contribution in [0.2, 0.25) is 0 Å². The molecule has 144 valence electrons. The molecule has 7 nitrogen and oxygen atoms in total. The first-order chi connectivity index (χ1) is 12.8. The van der Waals surface area contributed by atoms with Crippen LogP contribution in [0.25, 0.3) is 0 Å². The molecule has 1 aromatic rings. The van der Waals surface area contributed by atoms with Crippen LogP contribution >= 0.6 is 31.9 Å². The van der Waals surface area contributed by atoms with Crippen LogP contribution in [0.4, 0.5) is 0 Å². The fourth-order valence-electron chi connectivity index (χ4n) is 5.37. The highest BCUT2D eigenvalue weighted by Crippen LogP contribution is 2.51. The number of carboxylic acids is 1. The van der Waals surface area contributed by atoms with Crippen LogP contribution in [-0.2, 0) is 11.2 Å². The lowest BCUT2D eigenvalue weighted by molar-refractivity contribution is -0.144. The van der Waals surface area contributed by atoms with Gasteiger partial charge in [0.05, 0.1) is 29.1 Å². The van der Waals surface area contributed by atoms with Crippen LogP contribution in [0.5, 0.6) is 5.75 Å². The Labute approximate surface area is 173 Å². The number of aliphatic hydroxyl groups is 1. The Kier molecular flexibility index (Phi) is 4.76. The van der Waals surface area contributed by atoms with Crippen LogP contribution in [0.15, 0.2) is 15.0 Å². The molecule has 27 heavy (non-hydrogen) atoms. The van der Waals surface area contributed by atoms with Crippen molar-refractivity contribution < 1.29 is 20.1 Å². The third kappa shape index (κ3) is 2.58. The van der Waals surface area contributed by atoms with Crippen molar-refractivity contribution in [1.82, 2.24) is 9.80 Å². The van der Waals surface area contributed by atoms with Gasteiger partial charge in [-0.25, -0.2) is 0 Å². The molecule has 3 N–H and O–H groups in total. The fraction of sp³-hybridized carbons (Fsp3) is 0.556. The number of phenols is 1. The highest BCUT2D eigenvalue weighted by atomic mass is 79.9. The molecule has 2 saturated heterocycles. The number of carbonyl (C=O) groups is 1. The Hall–Kier alpha value is -1.18. The van der Waals surface area contributed by atoms with Crippen molar-refractivity contribution in [3.05, 3.63) is 26.1 Å². The Morgan fingerprint density at radius 3 is 2.67 bits per heavy atom. The smallest absolute Gasteiger partial charge is 0.308 e. The zero-order chi connectivity index (χ0) is 19.6. The summed E-state index contributed by atoms with van der Waals surface area (Å²) < 4.78 is 1.31. The maximum Gasteiger partial charge on any atom is 0.308 e. The van der Waals surface area contributed by atoms with Crippen molar-refractivity contribution in [3.8, 4) is 11.8 Å². The summed E-state index contributed by atoms with van der Waals surface area (Å²) in [5.41, 5.74) is 1.46. The molecule has 1 unspecified atom stereocenters. The molecule has 0 radical (unpaired) electrons. The number of carboxylic acid groups (broad SMARTS) is 1. The van der Waals surface area contributed by atoms with Gasteiger partial charge in [-0.2, -0.15) is 5.26 Å². The topological polar surface area (TPSA) is 108 Å². The van der Waals surface area contributed by atoms with E-state index in [-0.39, 0.29) is 30.5 Å². The number of piperazine rings is 1. The van der Waals surface area contributed by atoms with E-state index in [1.807, 2.05) is 16.8 Å². The summed E-state index contributed by atoms with van der Waals surface area (Å²) in [6.07, 6.45) is 0.907. The zero-order valence-corrected chi connectivity index (χ0v) is 17.7. The molecule has 9 heteroatoms.